The van der Waals surface area contributed by atoms with E-state index in [0.29, 0.717) is 41.3 Å². The number of benzene rings is 2. The highest BCUT2D eigenvalue weighted by Gasteiger charge is 2.11. The Hall–Kier alpha value is -1.46. The highest BCUT2D eigenvalue weighted by atomic mass is 35.5. The molecule has 0 spiro atoms. The van der Waals surface area contributed by atoms with Crippen molar-refractivity contribution in [2.24, 2.45) is 0 Å². The molecule has 1 N–H and O–H groups in total. The third-order valence-corrected chi connectivity index (χ3v) is 4.04. The Bertz CT molecular complexity index is 647. The molecule has 0 saturated carbocycles. The lowest BCUT2D eigenvalue weighted by molar-refractivity contribution is 0.199. The van der Waals surface area contributed by atoms with Gasteiger partial charge in [0, 0.05) is 36.3 Å². The van der Waals surface area contributed by atoms with Crippen LogP contribution >= 0.6 is 23.2 Å². The van der Waals surface area contributed by atoms with Gasteiger partial charge in [-0.1, -0.05) is 35.3 Å². The van der Waals surface area contributed by atoms with Gasteiger partial charge in [-0.2, -0.15) is 0 Å². The fourth-order valence-electron chi connectivity index (χ4n) is 2.12. The molecule has 0 aliphatic carbocycles. The van der Waals surface area contributed by atoms with E-state index in [2.05, 4.69) is 5.32 Å². The highest BCUT2D eigenvalue weighted by Crippen LogP contribution is 2.34. The minimum absolute atomic E-state index is 0.412. The smallest absolute Gasteiger partial charge is 0.163 e. The van der Waals surface area contributed by atoms with E-state index in [4.69, 9.17) is 37.4 Å². The molecule has 2 aromatic carbocycles. The van der Waals surface area contributed by atoms with Crippen molar-refractivity contribution in [3.8, 4) is 11.5 Å². The van der Waals surface area contributed by atoms with Crippen molar-refractivity contribution in [1.82, 2.24) is 5.32 Å². The zero-order valence-corrected chi connectivity index (χ0v) is 15.3. The number of nitrogens with one attached hydrogen (secondary N) is 1. The van der Waals surface area contributed by atoms with Crippen LogP contribution in [0.1, 0.15) is 11.1 Å². The van der Waals surface area contributed by atoms with Crippen molar-refractivity contribution in [2.75, 3.05) is 27.4 Å². The van der Waals surface area contributed by atoms with E-state index in [-0.39, 0.29) is 0 Å². The van der Waals surface area contributed by atoms with Crippen molar-refractivity contribution in [1.29, 1.82) is 0 Å². The van der Waals surface area contributed by atoms with Crippen LogP contribution in [0.2, 0.25) is 10.0 Å². The van der Waals surface area contributed by atoms with Gasteiger partial charge in [-0.25, -0.2) is 0 Å². The van der Waals surface area contributed by atoms with Gasteiger partial charge in [0.2, 0.25) is 0 Å². The first-order valence-electron chi connectivity index (χ1n) is 7.57. The van der Waals surface area contributed by atoms with Crippen LogP contribution in [0.5, 0.6) is 11.5 Å². The van der Waals surface area contributed by atoms with E-state index >= 15 is 0 Å². The molecule has 0 atom stereocenters. The number of hydrogen-bond donors (Lipinski definition) is 1. The van der Waals surface area contributed by atoms with Crippen molar-refractivity contribution < 1.29 is 14.2 Å². The topological polar surface area (TPSA) is 39.7 Å². The monoisotopic (exact) mass is 369 g/mol. The summed E-state index contributed by atoms with van der Waals surface area (Å²) in [5.41, 5.74) is 1.96. The second kappa shape index (κ2) is 9.74. The summed E-state index contributed by atoms with van der Waals surface area (Å²) in [4.78, 5) is 0. The number of hydrogen-bond acceptors (Lipinski definition) is 4. The minimum atomic E-state index is 0.412. The molecule has 0 aromatic heterocycles. The second-order valence-electron chi connectivity index (χ2n) is 5.18. The Balaban J connectivity index is 2.03. The minimum Gasteiger partial charge on any atom is -0.493 e. The van der Waals surface area contributed by atoms with Gasteiger partial charge >= 0.3 is 0 Å². The zero-order chi connectivity index (χ0) is 17.4. The van der Waals surface area contributed by atoms with E-state index in [9.17, 15) is 0 Å². The lowest BCUT2D eigenvalue weighted by atomic mass is 10.2. The first-order valence-corrected chi connectivity index (χ1v) is 8.33. The van der Waals surface area contributed by atoms with Crippen LogP contribution < -0.4 is 14.8 Å². The molecule has 0 aliphatic rings. The summed E-state index contributed by atoms with van der Waals surface area (Å²) >= 11 is 12.2. The Morgan fingerprint density at radius 2 is 1.75 bits per heavy atom. The van der Waals surface area contributed by atoms with Crippen molar-refractivity contribution in [3.05, 3.63) is 57.6 Å². The first kappa shape index (κ1) is 18.9. The summed E-state index contributed by atoms with van der Waals surface area (Å²) in [6.45, 7) is 2.45. The lowest BCUT2D eigenvalue weighted by Gasteiger charge is -2.14. The van der Waals surface area contributed by atoms with Gasteiger partial charge in [-0.3, -0.25) is 0 Å². The van der Waals surface area contributed by atoms with E-state index in [1.165, 1.54) is 0 Å². The number of rotatable bonds is 9. The Morgan fingerprint density at radius 3 is 2.42 bits per heavy atom. The van der Waals surface area contributed by atoms with Crippen LogP contribution in [0.25, 0.3) is 0 Å². The van der Waals surface area contributed by atoms with Crippen LogP contribution in [0, 0.1) is 0 Å². The third-order valence-electron chi connectivity index (χ3n) is 3.44. The average molecular weight is 370 g/mol. The predicted molar refractivity (Wildman–Crippen MR) is 97.4 cm³/mol. The summed E-state index contributed by atoms with van der Waals surface area (Å²) in [7, 11) is 3.28. The predicted octanol–water partition coefficient (Wildman–Crippen LogP) is 4.32. The maximum Gasteiger partial charge on any atom is 0.163 e. The Kier molecular flexibility index (Phi) is 7.66. The quantitative estimate of drug-likeness (QED) is 0.668. The van der Waals surface area contributed by atoms with Crippen molar-refractivity contribution in [2.45, 2.75) is 13.2 Å². The summed E-state index contributed by atoms with van der Waals surface area (Å²) < 4.78 is 16.3. The molecule has 2 aromatic rings. The molecular formula is C18H21Cl2NO3. The molecular weight excluding hydrogens is 349 g/mol. The van der Waals surface area contributed by atoms with Gasteiger partial charge in [-0.15, -0.1) is 0 Å². The molecule has 4 nitrogen and oxygen atoms in total. The molecule has 0 bridgehead atoms. The normalized spacial score (nSPS) is 10.7. The fraction of sp³-hybridized carbons (Fsp3) is 0.333. The van der Waals surface area contributed by atoms with Gasteiger partial charge in [-0.05, 0) is 29.3 Å². The fourth-order valence-corrected chi connectivity index (χ4v) is 2.47. The summed E-state index contributed by atoms with van der Waals surface area (Å²) in [6, 6.07) is 11.2. The van der Waals surface area contributed by atoms with E-state index in [1.807, 2.05) is 30.3 Å². The molecule has 6 heteroatoms. The largest absolute Gasteiger partial charge is 0.493 e. The van der Waals surface area contributed by atoms with Crippen LogP contribution in [0.4, 0.5) is 0 Å². The molecule has 0 fully saturated rings. The SMILES string of the molecule is COCCNCc1cc(OC)c(OCc2ccc(Cl)cc2)cc1Cl. The third kappa shape index (κ3) is 5.56. The van der Waals surface area contributed by atoms with Crippen LogP contribution in [-0.4, -0.2) is 27.4 Å². The zero-order valence-electron chi connectivity index (χ0n) is 13.8. The van der Waals surface area contributed by atoms with Crippen LogP contribution in [0.15, 0.2) is 36.4 Å². The van der Waals surface area contributed by atoms with E-state index in [1.54, 1.807) is 20.3 Å². The Morgan fingerprint density at radius 1 is 1.00 bits per heavy atom. The van der Waals surface area contributed by atoms with Gasteiger partial charge in [0.25, 0.3) is 0 Å². The Labute approximate surface area is 152 Å². The molecule has 0 unspecified atom stereocenters. The molecule has 0 aliphatic heterocycles. The highest BCUT2D eigenvalue weighted by molar-refractivity contribution is 6.31. The molecule has 24 heavy (non-hydrogen) atoms. The van der Waals surface area contributed by atoms with Gasteiger partial charge in [0.05, 0.1) is 13.7 Å². The molecule has 2 rings (SSSR count). The number of halogens is 2. The molecule has 0 amide bonds. The first-order chi connectivity index (χ1) is 11.6. The lowest BCUT2D eigenvalue weighted by Crippen LogP contribution is -2.18. The maximum atomic E-state index is 6.35. The van der Waals surface area contributed by atoms with Gasteiger partial charge < -0.3 is 19.5 Å². The summed E-state index contributed by atoms with van der Waals surface area (Å²) in [6.07, 6.45) is 0. The molecule has 0 heterocycles. The molecule has 0 saturated heterocycles. The summed E-state index contributed by atoms with van der Waals surface area (Å²) in [5.74, 6) is 1.26. The molecule has 130 valence electrons. The van der Waals surface area contributed by atoms with Crippen LogP contribution in [0.3, 0.4) is 0 Å². The van der Waals surface area contributed by atoms with Gasteiger partial charge in [0.1, 0.15) is 6.61 Å². The number of ether oxygens (including phenoxy) is 3. The van der Waals surface area contributed by atoms with Crippen LogP contribution in [-0.2, 0) is 17.9 Å². The standard InChI is InChI=1S/C18H21Cl2NO3/c1-22-8-7-21-11-14-9-17(23-2)18(10-16(14)20)24-12-13-3-5-15(19)6-4-13/h3-6,9-10,21H,7-8,11-12H2,1-2H3. The van der Waals surface area contributed by atoms with E-state index in [0.717, 1.165) is 17.7 Å². The van der Waals surface area contributed by atoms with Gasteiger partial charge in [0.15, 0.2) is 11.5 Å². The van der Waals surface area contributed by atoms with Crippen molar-refractivity contribution in [3.63, 3.8) is 0 Å². The maximum absolute atomic E-state index is 6.35. The molecule has 0 radical (unpaired) electrons. The second-order valence-corrected chi connectivity index (χ2v) is 6.02. The number of methoxy groups -OCH3 is 2. The average Bonchev–Trinajstić information content (AvgIpc) is 2.59. The summed E-state index contributed by atoms with van der Waals surface area (Å²) in [5, 5.41) is 4.59. The van der Waals surface area contributed by atoms with Crippen molar-refractivity contribution >= 4 is 23.2 Å². The van der Waals surface area contributed by atoms with E-state index < -0.39 is 0 Å².